The van der Waals surface area contributed by atoms with Gasteiger partial charge in [-0.3, -0.25) is 4.99 Å². The summed E-state index contributed by atoms with van der Waals surface area (Å²) in [6.07, 6.45) is 0.959. The molecule has 0 bridgehead atoms. The number of halogens is 2. The molecule has 13 heavy (non-hydrogen) atoms. The van der Waals surface area contributed by atoms with E-state index in [2.05, 4.69) is 33.9 Å². The van der Waals surface area contributed by atoms with Gasteiger partial charge in [-0.25, -0.2) is 0 Å². The predicted octanol–water partition coefficient (Wildman–Crippen LogP) is 3.63. The average molecular weight is 261 g/mol. The number of rotatable bonds is 2. The lowest BCUT2D eigenvalue weighted by molar-refractivity contribution is 1.13. The normalized spacial score (nSPS) is 11.8. The van der Waals surface area contributed by atoms with E-state index in [9.17, 15) is 0 Å². The van der Waals surface area contributed by atoms with Gasteiger partial charge in [0.05, 0.1) is 0 Å². The summed E-state index contributed by atoms with van der Waals surface area (Å²) in [7, 11) is 1.70. The van der Waals surface area contributed by atoms with Crippen molar-refractivity contribution >= 4 is 32.7 Å². The Labute approximate surface area is 92.0 Å². The minimum Gasteiger partial charge on any atom is -0.276 e. The molecule has 1 aromatic rings. The Bertz CT molecular complexity index is 334. The summed E-state index contributed by atoms with van der Waals surface area (Å²) in [5.74, 6) is 0. The first-order chi connectivity index (χ1) is 6.19. The second-order valence-electron chi connectivity index (χ2n) is 2.67. The second kappa shape index (κ2) is 4.77. The summed E-state index contributed by atoms with van der Waals surface area (Å²) in [4.78, 5) is 3.96. The molecular formula is C10H11BrClN. The van der Waals surface area contributed by atoms with Crippen molar-refractivity contribution in [2.45, 2.75) is 13.3 Å². The van der Waals surface area contributed by atoms with Gasteiger partial charge in [0, 0.05) is 17.1 Å². The van der Waals surface area contributed by atoms with Crippen LogP contribution in [0.3, 0.4) is 0 Å². The van der Waals surface area contributed by atoms with E-state index in [0.29, 0.717) is 5.17 Å². The van der Waals surface area contributed by atoms with Crippen LogP contribution in [-0.2, 0) is 6.42 Å². The third kappa shape index (κ3) is 2.55. The van der Waals surface area contributed by atoms with Crippen molar-refractivity contribution in [1.29, 1.82) is 0 Å². The number of hydrogen-bond donors (Lipinski definition) is 0. The predicted molar refractivity (Wildman–Crippen MR) is 61.8 cm³/mol. The Morgan fingerprint density at radius 1 is 1.54 bits per heavy atom. The van der Waals surface area contributed by atoms with Gasteiger partial charge in [0.1, 0.15) is 5.17 Å². The molecule has 1 aromatic carbocycles. The Morgan fingerprint density at radius 3 is 2.77 bits per heavy atom. The molecule has 0 saturated heterocycles. The Kier molecular flexibility index (Phi) is 3.94. The van der Waals surface area contributed by atoms with Crippen LogP contribution in [0.1, 0.15) is 18.1 Å². The standard InChI is InChI=1S/C10H11BrClN/c1-3-7-6-8(11)4-5-9(7)10(12)13-2/h4-6H,3H2,1-2H3. The van der Waals surface area contributed by atoms with Crippen LogP contribution in [0.15, 0.2) is 27.7 Å². The molecule has 0 aliphatic carbocycles. The van der Waals surface area contributed by atoms with Crippen LogP contribution in [0.25, 0.3) is 0 Å². The molecular weight excluding hydrogens is 249 g/mol. The summed E-state index contributed by atoms with van der Waals surface area (Å²) in [5.41, 5.74) is 2.24. The lowest BCUT2D eigenvalue weighted by Crippen LogP contribution is -1.97. The number of benzene rings is 1. The van der Waals surface area contributed by atoms with Crippen molar-refractivity contribution < 1.29 is 0 Å². The molecule has 0 radical (unpaired) electrons. The third-order valence-corrected chi connectivity index (χ3v) is 2.73. The fourth-order valence-electron chi connectivity index (χ4n) is 1.18. The Hall–Kier alpha value is -0.340. The fourth-order valence-corrected chi connectivity index (χ4v) is 1.77. The maximum absolute atomic E-state index is 5.96. The summed E-state index contributed by atoms with van der Waals surface area (Å²) < 4.78 is 1.08. The second-order valence-corrected chi connectivity index (χ2v) is 3.94. The van der Waals surface area contributed by atoms with E-state index in [0.717, 1.165) is 16.5 Å². The monoisotopic (exact) mass is 259 g/mol. The molecule has 1 rings (SSSR count). The third-order valence-electron chi connectivity index (χ3n) is 1.87. The van der Waals surface area contributed by atoms with Gasteiger partial charge in [-0.05, 0) is 24.1 Å². The first kappa shape index (κ1) is 10.7. The molecule has 0 N–H and O–H groups in total. The lowest BCUT2D eigenvalue weighted by Gasteiger charge is -2.05. The highest BCUT2D eigenvalue weighted by molar-refractivity contribution is 9.10. The van der Waals surface area contributed by atoms with Gasteiger partial charge >= 0.3 is 0 Å². The molecule has 0 fully saturated rings. The van der Waals surface area contributed by atoms with Gasteiger partial charge in [0.25, 0.3) is 0 Å². The molecule has 0 aromatic heterocycles. The summed E-state index contributed by atoms with van der Waals surface area (Å²) >= 11 is 9.39. The summed E-state index contributed by atoms with van der Waals surface area (Å²) in [6, 6.07) is 6.03. The molecule has 70 valence electrons. The van der Waals surface area contributed by atoms with Gasteiger partial charge in [0.2, 0.25) is 0 Å². The highest BCUT2D eigenvalue weighted by Gasteiger charge is 2.05. The smallest absolute Gasteiger partial charge is 0.130 e. The minimum absolute atomic E-state index is 0.573. The van der Waals surface area contributed by atoms with Crippen LogP contribution < -0.4 is 0 Å². The summed E-state index contributed by atoms with van der Waals surface area (Å²) in [6.45, 7) is 2.10. The van der Waals surface area contributed by atoms with Crippen molar-refractivity contribution in [3.8, 4) is 0 Å². The lowest BCUT2D eigenvalue weighted by atomic mass is 10.1. The molecule has 0 saturated carbocycles. The van der Waals surface area contributed by atoms with E-state index in [1.54, 1.807) is 7.05 Å². The average Bonchev–Trinajstić information content (AvgIpc) is 2.16. The maximum Gasteiger partial charge on any atom is 0.130 e. The quantitative estimate of drug-likeness (QED) is 0.720. The van der Waals surface area contributed by atoms with Crippen LogP contribution in [0.4, 0.5) is 0 Å². The Balaban J connectivity index is 3.21. The van der Waals surface area contributed by atoms with Crippen molar-refractivity contribution in [3.05, 3.63) is 33.8 Å². The van der Waals surface area contributed by atoms with Gasteiger partial charge < -0.3 is 0 Å². The molecule has 0 atom stereocenters. The van der Waals surface area contributed by atoms with E-state index < -0.39 is 0 Å². The largest absolute Gasteiger partial charge is 0.276 e. The number of hydrogen-bond acceptors (Lipinski definition) is 1. The zero-order valence-corrected chi connectivity index (χ0v) is 9.98. The zero-order chi connectivity index (χ0) is 9.84. The molecule has 0 aliphatic rings. The number of aryl methyl sites for hydroxylation is 1. The highest BCUT2D eigenvalue weighted by atomic mass is 79.9. The molecule has 3 heteroatoms. The summed E-state index contributed by atoms with van der Waals surface area (Å²) in [5, 5.41) is 0.573. The van der Waals surface area contributed by atoms with Gasteiger partial charge in [-0.15, -0.1) is 0 Å². The van der Waals surface area contributed by atoms with Gasteiger partial charge in [-0.2, -0.15) is 0 Å². The molecule has 0 aliphatic heterocycles. The van der Waals surface area contributed by atoms with Crippen LogP contribution in [0, 0.1) is 0 Å². The molecule has 0 unspecified atom stereocenters. The highest BCUT2D eigenvalue weighted by Crippen LogP contribution is 2.19. The van der Waals surface area contributed by atoms with Crippen LogP contribution >= 0.6 is 27.5 Å². The number of aliphatic imine (C=N–C) groups is 1. The van der Waals surface area contributed by atoms with Gasteiger partial charge in [-0.1, -0.05) is 40.5 Å². The maximum atomic E-state index is 5.96. The van der Waals surface area contributed by atoms with Gasteiger partial charge in [0.15, 0.2) is 0 Å². The van der Waals surface area contributed by atoms with Crippen LogP contribution in [-0.4, -0.2) is 12.2 Å². The van der Waals surface area contributed by atoms with Crippen molar-refractivity contribution in [1.82, 2.24) is 0 Å². The Morgan fingerprint density at radius 2 is 2.23 bits per heavy atom. The van der Waals surface area contributed by atoms with Crippen molar-refractivity contribution in [2.24, 2.45) is 4.99 Å². The fraction of sp³-hybridized carbons (Fsp3) is 0.300. The molecule has 0 spiro atoms. The van der Waals surface area contributed by atoms with E-state index in [4.69, 9.17) is 11.6 Å². The molecule has 1 nitrogen and oxygen atoms in total. The zero-order valence-electron chi connectivity index (χ0n) is 7.64. The van der Waals surface area contributed by atoms with E-state index in [1.165, 1.54) is 5.56 Å². The van der Waals surface area contributed by atoms with Crippen LogP contribution in [0.5, 0.6) is 0 Å². The minimum atomic E-state index is 0.573. The van der Waals surface area contributed by atoms with E-state index in [-0.39, 0.29) is 0 Å². The molecule has 0 heterocycles. The van der Waals surface area contributed by atoms with E-state index in [1.807, 2.05) is 12.1 Å². The van der Waals surface area contributed by atoms with Crippen molar-refractivity contribution in [2.75, 3.05) is 7.05 Å². The first-order valence-corrected chi connectivity index (χ1v) is 5.27. The van der Waals surface area contributed by atoms with Crippen LogP contribution in [0.2, 0.25) is 0 Å². The van der Waals surface area contributed by atoms with E-state index >= 15 is 0 Å². The topological polar surface area (TPSA) is 12.4 Å². The number of nitrogens with zero attached hydrogens (tertiary/aromatic N) is 1. The SMILES string of the molecule is CCc1cc(Br)ccc1C(Cl)=NC. The first-order valence-electron chi connectivity index (χ1n) is 4.10. The van der Waals surface area contributed by atoms with Crippen molar-refractivity contribution in [3.63, 3.8) is 0 Å². The molecule has 0 amide bonds.